The summed E-state index contributed by atoms with van der Waals surface area (Å²) in [6.07, 6.45) is 0. The molecule has 4 rings (SSSR count). The lowest BCUT2D eigenvalue weighted by Gasteiger charge is -2.20. The topological polar surface area (TPSA) is 95.0 Å². The van der Waals surface area contributed by atoms with Gasteiger partial charge in [0.05, 0.1) is 11.6 Å². The molecule has 0 aliphatic carbocycles. The molecule has 0 fully saturated rings. The third-order valence-electron chi connectivity index (χ3n) is 4.05. The van der Waals surface area contributed by atoms with Crippen molar-refractivity contribution in [3.05, 3.63) is 62.3 Å². The summed E-state index contributed by atoms with van der Waals surface area (Å²) >= 11 is 6.52. The fraction of sp³-hybridized carbons (Fsp3) is 0.111. The summed E-state index contributed by atoms with van der Waals surface area (Å²) in [4.78, 5) is 34.1. The number of pyridine rings is 1. The van der Waals surface area contributed by atoms with Crippen molar-refractivity contribution in [1.29, 1.82) is 0 Å². The van der Waals surface area contributed by atoms with Gasteiger partial charge in [-0.15, -0.1) is 0 Å². The number of carbonyl (C=O) groups excluding carboxylic acids is 1. The van der Waals surface area contributed by atoms with E-state index in [1.807, 2.05) is 13.0 Å². The molecule has 7 nitrogen and oxygen atoms in total. The summed E-state index contributed by atoms with van der Waals surface area (Å²) in [7, 11) is 0. The molecule has 136 valence electrons. The third-order valence-corrected chi connectivity index (χ3v) is 5.19. The smallest absolute Gasteiger partial charge is 0.280 e. The minimum Gasteiger partial charge on any atom is -0.378 e. The molecule has 1 aromatic carbocycles. The first kappa shape index (κ1) is 17.4. The highest BCUT2D eigenvalue weighted by Gasteiger charge is 2.18. The highest BCUT2D eigenvalue weighted by Crippen LogP contribution is 2.23. The molecule has 4 aromatic rings. The zero-order chi connectivity index (χ0) is 19.0. The van der Waals surface area contributed by atoms with E-state index in [0.717, 1.165) is 10.3 Å². The fourth-order valence-electron chi connectivity index (χ4n) is 2.75. The van der Waals surface area contributed by atoms with Crippen LogP contribution in [0.15, 0.2) is 51.8 Å². The van der Waals surface area contributed by atoms with Gasteiger partial charge < -0.3 is 9.51 Å². The van der Waals surface area contributed by atoms with Gasteiger partial charge in [-0.1, -0.05) is 23.5 Å². The Hall–Kier alpha value is -3.04. The first-order valence-electron chi connectivity index (χ1n) is 8.16. The van der Waals surface area contributed by atoms with Crippen LogP contribution in [0.25, 0.3) is 21.7 Å². The highest BCUT2D eigenvalue weighted by atomic mass is 32.1. The predicted molar refractivity (Wildman–Crippen MR) is 107 cm³/mol. The zero-order valence-electron chi connectivity index (χ0n) is 14.2. The first-order valence-corrected chi connectivity index (χ1v) is 9.38. The van der Waals surface area contributed by atoms with Crippen LogP contribution in [0.5, 0.6) is 0 Å². The number of rotatable bonds is 4. The summed E-state index contributed by atoms with van der Waals surface area (Å²) in [5.74, 6) is 0.832. The Morgan fingerprint density at radius 3 is 2.70 bits per heavy atom. The summed E-state index contributed by atoms with van der Waals surface area (Å²) in [6, 6.07) is 11.9. The molecule has 0 aliphatic heterocycles. The molecule has 0 radical (unpaired) electrons. The van der Waals surface area contributed by atoms with E-state index < -0.39 is 0 Å². The lowest BCUT2D eigenvalue weighted by atomic mass is 10.1. The number of nitrogens with one attached hydrogen (secondary N) is 2. The number of nitrogens with zero attached hydrogens (tertiary/aromatic N) is 2. The van der Waals surface area contributed by atoms with E-state index in [0.29, 0.717) is 33.2 Å². The van der Waals surface area contributed by atoms with Crippen LogP contribution in [0.2, 0.25) is 0 Å². The van der Waals surface area contributed by atoms with E-state index in [4.69, 9.17) is 16.7 Å². The van der Waals surface area contributed by atoms with E-state index in [1.165, 1.54) is 17.4 Å². The monoisotopic (exact) mass is 398 g/mol. The molecular formula is C18H14N4O3S2. The van der Waals surface area contributed by atoms with Gasteiger partial charge in [0.25, 0.3) is 11.5 Å². The number of thiazole rings is 1. The molecule has 9 heteroatoms. The quantitative estimate of drug-likeness (QED) is 0.507. The van der Waals surface area contributed by atoms with Crippen LogP contribution in [-0.4, -0.2) is 27.6 Å². The number of fused-ring (bicyclic) bond motifs is 1. The summed E-state index contributed by atoms with van der Waals surface area (Å²) in [5.41, 5.74) is 1.77. The maximum Gasteiger partial charge on any atom is 0.280 e. The van der Waals surface area contributed by atoms with Crippen molar-refractivity contribution in [3.8, 4) is 11.3 Å². The van der Waals surface area contributed by atoms with Crippen molar-refractivity contribution in [1.82, 2.24) is 15.1 Å². The van der Waals surface area contributed by atoms with Gasteiger partial charge in [-0.2, -0.15) is 5.16 Å². The van der Waals surface area contributed by atoms with Crippen LogP contribution in [-0.2, 0) is 0 Å². The van der Waals surface area contributed by atoms with Crippen molar-refractivity contribution in [2.45, 2.75) is 6.92 Å². The number of aromatic amines is 2. The van der Waals surface area contributed by atoms with Gasteiger partial charge in [0.1, 0.15) is 10.6 Å². The Kier molecular flexibility index (Phi) is 4.46. The maximum absolute atomic E-state index is 13.0. The average molecular weight is 398 g/mol. The van der Waals surface area contributed by atoms with Crippen LogP contribution in [0.4, 0.5) is 5.82 Å². The molecule has 27 heavy (non-hydrogen) atoms. The molecule has 0 bridgehead atoms. The number of aromatic nitrogens is 3. The Morgan fingerprint density at radius 2 is 2.04 bits per heavy atom. The second-order valence-electron chi connectivity index (χ2n) is 5.74. The Labute approximate surface area is 162 Å². The molecule has 3 aromatic heterocycles. The average Bonchev–Trinajstić information content (AvgIpc) is 3.26. The molecule has 0 spiro atoms. The molecular weight excluding hydrogens is 384 g/mol. The van der Waals surface area contributed by atoms with Crippen molar-refractivity contribution in [2.24, 2.45) is 0 Å². The van der Waals surface area contributed by atoms with Crippen LogP contribution in [0.3, 0.4) is 0 Å². The first-order chi connectivity index (χ1) is 13.0. The SMILES string of the molecule is CCN(C(=O)c1ccc(-c2cc(=O)[nH]o2)cc1)c1ccc2[nH]c(=S)sc2n1. The number of hydrogen-bond donors (Lipinski definition) is 2. The van der Waals surface area contributed by atoms with Gasteiger partial charge in [-0.3, -0.25) is 14.5 Å². The molecule has 0 saturated heterocycles. The molecule has 1 amide bonds. The molecule has 0 atom stereocenters. The molecule has 0 unspecified atom stereocenters. The number of benzene rings is 1. The number of H-pyrrole nitrogens is 2. The van der Waals surface area contributed by atoms with Gasteiger partial charge in [0, 0.05) is 17.7 Å². The fourth-order valence-corrected chi connectivity index (χ4v) is 3.80. The Morgan fingerprint density at radius 1 is 1.26 bits per heavy atom. The van der Waals surface area contributed by atoms with Crippen LogP contribution in [0.1, 0.15) is 17.3 Å². The second-order valence-corrected chi connectivity index (χ2v) is 7.41. The third kappa shape index (κ3) is 3.34. The number of anilines is 1. The second kappa shape index (κ2) is 6.93. The van der Waals surface area contributed by atoms with E-state index in [2.05, 4.69) is 15.1 Å². The van der Waals surface area contributed by atoms with E-state index in [-0.39, 0.29) is 11.5 Å². The van der Waals surface area contributed by atoms with Crippen LogP contribution in [0, 0.1) is 3.95 Å². The van der Waals surface area contributed by atoms with Crippen LogP contribution >= 0.6 is 23.6 Å². The van der Waals surface area contributed by atoms with Crippen molar-refractivity contribution in [3.63, 3.8) is 0 Å². The van der Waals surface area contributed by atoms with Gasteiger partial charge >= 0.3 is 0 Å². The van der Waals surface area contributed by atoms with Gasteiger partial charge in [-0.25, -0.2) is 4.98 Å². The zero-order valence-corrected chi connectivity index (χ0v) is 15.8. The summed E-state index contributed by atoms with van der Waals surface area (Å²) in [6.45, 7) is 2.37. The normalized spacial score (nSPS) is 11.0. The van der Waals surface area contributed by atoms with E-state index in [9.17, 15) is 9.59 Å². The number of amides is 1. The van der Waals surface area contributed by atoms with Crippen molar-refractivity contribution < 1.29 is 9.32 Å². The van der Waals surface area contributed by atoms with Gasteiger partial charge in [0.15, 0.2) is 9.71 Å². The molecule has 2 N–H and O–H groups in total. The molecule has 0 saturated carbocycles. The van der Waals surface area contributed by atoms with Crippen LogP contribution < -0.4 is 10.5 Å². The number of hydrogen-bond acceptors (Lipinski definition) is 6. The number of carbonyl (C=O) groups is 1. The van der Waals surface area contributed by atoms with Crippen molar-refractivity contribution in [2.75, 3.05) is 11.4 Å². The lowest BCUT2D eigenvalue weighted by Crippen LogP contribution is -2.31. The van der Waals surface area contributed by atoms with Crippen molar-refractivity contribution >= 4 is 45.6 Å². The van der Waals surface area contributed by atoms with E-state index >= 15 is 0 Å². The summed E-state index contributed by atoms with van der Waals surface area (Å²) in [5, 5.41) is 2.25. The van der Waals surface area contributed by atoms with Gasteiger partial charge in [-0.05, 0) is 43.4 Å². The largest absolute Gasteiger partial charge is 0.378 e. The Balaban J connectivity index is 1.64. The van der Waals surface area contributed by atoms with E-state index in [1.54, 1.807) is 35.2 Å². The van der Waals surface area contributed by atoms with Gasteiger partial charge in [0.2, 0.25) is 0 Å². The lowest BCUT2D eigenvalue weighted by molar-refractivity contribution is 0.0987. The minimum atomic E-state index is -0.308. The Bertz CT molecular complexity index is 1230. The summed E-state index contributed by atoms with van der Waals surface area (Å²) < 4.78 is 5.73. The molecule has 3 heterocycles. The standard InChI is InChI=1S/C18H14N4O3S2/c1-2-22(14-8-7-12-16(20-14)27-18(26)19-12)17(24)11-5-3-10(4-6-11)13-9-15(23)21-25-13/h3-9H,2H2,1H3,(H,19,26)(H,21,23). The molecule has 0 aliphatic rings. The minimum absolute atomic E-state index is 0.162. The predicted octanol–water partition coefficient (Wildman–Crippen LogP) is 3.97. The highest BCUT2D eigenvalue weighted by molar-refractivity contribution is 7.73. The maximum atomic E-state index is 13.0.